The number of carbonyl (C=O) groups excluding carboxylic acids is 2. The van der Waals surface area contributed by atoms with Crippen LogP contribution in [-0.4, -0.2) is 125 Å². The first-order valence-electron chi connectivity index (χ1n) is 40.6. The Morgan fingerprint density at radius 3 is 1.11 bits per heavy atom. The second kappa shape index (κ2) is 51.7. The number of nitrogen functional groups attached to an aromatic ring is 4. The van der Waals surface area contributed by atoms with Crippen molar-refractivity contribution in [2.24, 2.45) is 33.2 Å². The molecule has 17 aromatic rings. The molecular weight excluding hydrogens is 1960 g/mol. The van der Waals surface area contributed by atoms with E-state index in [1.165, 1.54) is 36.4 Å². The fourth-order valence-corrected chi connectivity index (χ4v) is 13.0. The molecule has 0 aliphatic heterocycles. The molecule has 3 aromatic heterocycles. The van der Waals surface area contributed by atoms with Gasteiger partial charge < -0.3 is 108 Å². The fourth-order valence-electron chi connectivity index (χ4n) is 12.6. The smallest absolute Gasteiger partial charge is 0.850 e. The number of H-pyrrole nitrogens is 3. The number of nitrogens with one attached hydrogen (secondary N) is 5. The van der Waals surface area contributed by atoms with E-state index in [-0.39, 0.29) is 137 Å². The van der Waals surface area contributed by atoms with E-state index in [1.54, 1.807) is 191 Å². The molecule has 17 rings (SSSR count). The van der Waals surface area contributed by atoms with Crippen molar-refractivity contribution < 1.29 is 132 Å². The van der Waals surface area contributed by atoms with Crippen LogP contribution >= 0.6 is 15.9 Å². The summed E-state index contributed by atoms with van der Waals surface area (Å²) in [5, 5.41) is 141. The van der Waals surface area contributed by atoms with E-state index >= 15 is 0 Å². The Labute approximate surface area is 868 Å². The zero-order valence-electron chi connectivity index (χ0n) is 75.2. The van der Waals surface area contributed by atoms with E-state index in [0.717, 1.165) is 71.0 Å². The van der Waals surface area contributed by atoms with E-state index in [0.29, 0.717) is 130 Å². The van der Waals surface area contributed by atoms with Gasteiger partial charge in [-0.3, -0.25) is 20.4 Å². The van der Waals surface area contributed by atoms with Crippen LogP contribution in [0.2, 0.25) is 0 Å². The van der Waals surface area contributed by atoms with Crippen molar-refractivity contribution in [3.8, 4) is 126 Å². The molecule has 0 bridgehead atoms. The van der Waals surface area contributed by atoms with Crippen molar-refractivity contribution in [3.05, 3.63) is 370 Å². The molecule has 37 heteroatoms. The Morgan fingerprint density at radius 1 is 0.429 bits per heavy atom. The number of fused-ring (bicyclic) bond motifs is 3. The Kier molecular flexibility index (Phi) is 40.6. The van der Waals surface area contributed by atoms with E-state index in [1.807, 2.05) is 91.0 Å². The summed E-state index contributed by atoms with van der Waals surface area (Å²) >= 11 is 3.17. The van der Waals surface area contributed by atoms with E-state index in [9.17, 15) is 35.1 Å². The molecule has 0 fully saturated rings. The number of rotatable bonds is 14. The third kappa shape index (κ3) is 30.3. The van der Waals surface area contributed by atoms with Gasteiger partial charge in [0.25, 0.3) is 0 Å². The van der Waals surface area contributed by atoms with Crippen LogP contribution in [0.3, 0.4) is 0 Å². The van der Waals surface area contributed by atoms with E-state index in [2.05, 4.69) is 71.9 Å². The molecule has 0 saturated carbocycles. The van der Waals surface area contributed by atoms with Crippen LogP contribution in [0.25, 0.3) is 121 Å². The first kappa shape index (κ1) is 110. The molecule has 33 nitrogen and oxygen atoms in total. The number of amidine groups is 4. The summed E-state index contributed by atoms with van der Waals surface area (Å²) in [4.78, 5) is 50.7. The minimum Gasteiger partial charge on any atom is -0.850 e. The Morgan fingerprint density at radius 2 is 0.743 bits per heavy atom. The van der Waals surface area contributed by atoms with Gasteiger partial charge in [-0.05, 0) is 202 Å². The van der Waals surface area contributed by atoms with Crippen LogP contribution in [0.5, 0.6) is 28.7 Å². The van der Waals surface area contributed by atoms with Crippen LogP contribution in [0.4, 0.5) is 22.7 Å². The number of phenols is 5. The number of carbonyl (C=O) groups is 2. The van der Waals surface area contributed by atoms with E-state index in [4.69, 9.17) is 99.7 Å². The molecule has 140 heavy (non-hydrogen) atoms. The van der Waals surface area contributed by atoms with E-state index < -0.39 is 12.7 Å². The number of nitrogens with zero attached hydrogens (tertiary/aromatic N) is 10. The molecule has 14 aromatic carbocycles. The number of aromatic nitrogens is 6. The van der Waals surface area contributed by atoms with Gasteiger partial charge in [-0.15, -0.1) is 5.60 Å². The number of aromatic amines is 3. The van der Waals surface area contributed by atoms with Gasteiger partial charge in [0, 0.05) is 47.1 Å². The maximum atomic E-state index is 10.7. The van der Waals surface area contributed by atoms with Crippen LogP contribution in [0.15, 0.2) is 300 Å². The molecular formula is C103H87BBrKN21O12Pd-. The predicted molar refractivity (Wildman–Crippen MR) is 537 cm³/mol. The number of phenolic OH excluding ortho intramolecular Hbond substituents is 5. The molecule has 26 N–H and O–H groups in total. The number of oxime groups is 2. The summed E-state index contributed by atoms with van der Waals surface area (Å²) in [6.07, 6.45) is 1.23. The van der Waals surface area contributed by atoms with Crippen molar-refractivity contribution in [1.82, 2.24) is 29.9 Å². The molecule has 0 atom stereocenters. The quantitative estimate of drug-likeness (QED) is 0.00702. The van der Waals surface area contributed by atoms with Gasteiger partial charge in [0.2, 0.25) is 0 Å². The zero-order chi connectivity index (χ0) is 99.3. The second-order valence-electron chi connectivity index (χ2n) is 30.4. The average molecular weight is 2050 g/mol. The summed E-state index contributed by atoms with van der Waals surface area (Å²) in [5.74, 6) is 1.84. The monoisotopic (exact) mass is 2040 g/mol. The maximum Gasteiger partial charge on any atom is 1.00 e. The number of nitrogens with two attached hydrogens (primary N) is 6. The van der Waals surface area contributed by atoms with Gasteiger partial charge in [0.15, 0.2) is 35.6 Å². The van der Waals surface area contributed by atoms with Gasteiger partial charge in [-0.1, -0.05) is 180 Å². The minimum atomic E-state index is -1.46. The van der Waals surface area contributed by atoms with Crippen molar-refractivity contribution in [3.63, 3.8) is 0 Å². The first-order valence-corrected chi connectivity index (χ1v) is 41.4. The molecule has 0 amide bonds. The first-order chi connectivity index (χ1) is 65.5. The third-order valence-electron chi connectivity index (χ3n) is 19.7. The summed E-state index contributed by atoms with van der Waals surface area (Å²) < 4.78 is 0.785. The third-order valence-corrected chi connectivity index (χ3v) is 20.2. The standard InChI is InChI=1S/C21H18N6O3.C21H18N6O.C21H12N4O.C14H9NO2.C7H6BNO2.C7H5BrO2.C7H7N3.C4H9O.CH3.K.Pd/c22-19(26-29)12-3-1-11(2-4-12)13-6-8-18(28)15(9-13)21-24-16-7-5-14(20(23)27-30)10-17(16)25-21;22-19(23)12-3-1-11(2-4-12)13-6-8-18(28)15(9-13)21-26-16-7-5-14(20(24)25)10-17(16)27-21;1-23-16-6-3-14(4-7-16)15-5-9-20(26)17(11-15)21-24-18-8-2-13(12-22)10-19(18)25-21;1-15-13-5-2-10(3-6-13)11-4-7-14(17)12(8-11)9-16;9-5-6-1-3-7(4-2-6)8(10)11;8-6-1-2-7(10)5(3-6)4-9;8-4-5-1-2-6(9)7(10)3-5;1-4(2,3)5;;;/h1-10,28-30H,(H2,22,26)(H2,23,27)(H,24,25);1-10,28H,(H3,22,23)(H3,24,25)(H,26,27);2-11,26H,(H,24,25);2-9,17H;1-4,10-11H;1-4,10H;1-3H,9-10H2;1-3H3;1H3;;/q;;;;;;;2*-1;+1;. The normalized spacial score (nSPS) is 10.3. The second-order valence-corrected chi connectivity index (χ2v) is 31.3. The molecule has 698 valence electrons. The van der Waals surface area contributed by atoms with Crippen LogP contribution in [-0.2, 0) is 20.4 Å². The van der Waals surface area contributed by atoms with Crippen molar-refractivity contribution in [2.75, 3.05) is 11.5 Å². The molecule has 0 aliphatic rings. The van der Waals surface area contributed by atoms with Crippen LogP contribution < -0.4 is 96.4 Å². The molecule has 0 spiro atoms. The number of aromatic hydroxyl groups is 5. The fraction of sp³-hybridized carbons (Fsp3) is 0.0388. The van der Waals surface area contributed by atoms with Crippen molar-refractivity contribution in [1.29, 1.82) is 26.6 Å². The topological polar surface area (TPSA) is 634 Å². The molecule has 0 unspecified atom stereocenters. The van der Waals surface area contributed by atoms with Gasteiger partial charge >= 0.3 is 58.5 Å². The van der Waals surface area contributed by atoms with Crippen molar-refractivity contribution >= 4 is 120 Å². The van der Waals surface area contributed by atoms with Crippen LogP contribution in [0.1, 0.15) is 80.4 Å². The number of hydrogen-bond donors (Lipinski definition) is 20. The Hall–Kier alpha value is -16.9. The Balaban J connectivity index is 0.000000227. The summed E-state index contributed by atoms with van der Waals surface area (Å²) in [6, 6.07) is 86.7. The molecule has 3 heterocycles. The number of nitriles is 3. The summed E-state index contributed by atoms with van der Waals surface area (Å²) in [6.45, 7) is 18.8. The Bertz CT molecular complexity index is 7590. The number of aldehydes is 2. The number of hydrogen-bond acceptors (Lipinski definition) is 24. The maximum absolute atomic E-state index is 10.7. The van der Waals surface area contributed by atoms with Crippen molar-refractivity contribution in [2.45, 2.75) is 26.4 Å². The summed E-state index contributed by atoms with van der Waals surface area (Å²) in [5.41, 5.74) is 52.5. The predicted octanol–water partition coefficient (Wildman–Crippen LogP) is 13.9. The molecule has 0 aliphatic carbocycles. The minimum absolute atomic E-state index is 0. The van der Waals surface area contributed by atoms with Crippen LogP contribution in [0, 0.1) is 65.4 Å². The number of halogens is 1. The summed E-state index contributed by atoms with van der Waals surface area (Å²) in [7, 11) is -1.46. The average Bonchev–Trinajstić information content (AvgIpc) is 1.64. The van der Waals surface area contributed by atoms with Gasteiger partial charge in [0.05, 0.1) is 120 Å². The molecule has 0 saturated heterocycles. The number of imidazole rings is 3. The molecule has 0 radical (unpaired) electrons. The van der Waals surface area contributed by atoms with Gasteiger partial charge in [-0.25, -0.2) is 24.6 Å². The van der Waals surface area contributed by atoms with Gasteiger partial charge in [-0.2, -0.15) is 15.8 Å². The number of benzene rings is 14. The largest absolute Gasteiger partial charge is 1.00 e. The number of anilines is 2. The SMILES string of the molecule is CC(C)(C)[O-].N#Cc1ccc(B(O)O)cc1.N#Cc1ccc(N)c(N)c1.N/C(=N\O)c1ccc2nc(-c3cc(-c4ccc(/C(N)=N\O)cc4)ccc3O)[nH]c2c1.N=C(N)c1ccc(-c2ccc(O)c(-c3nc4ccc(C(=N)N)cc4[nH]3)c2)cc1.O=Cc1cc(Br)ccc1O.[C-]#[N+]c1ccc(-c2ccc(O)c(-c3nc4ccc(C#N)cc4[nH]3)c2)cc1.[C-]#[N+]c1ccc(-c2ccc(O)c(C=O)c2)cc1.[CH3-].[K+].[Pd]. The zero-order valence-corrected chi connectivity index (χ0v) is 81.5. The van der Waals surface area contributed by atoms with Gasteiger partial charge in [0.1, 0.15) is 57.9 Å².